The molecule has 6 rings (SSSR count). The summed E-state index contributed by atoms with van der Waals surface area (Å²) < 4.78 is 0. The number of carbonyl (C=O) groups excluding carboxylic acids is 1. The zero-order chi connectivity index (χ0) is 22.2. The number of H-pyrrole nitrogens is 2. The van der Waals surface area contributed by atoms with E-state index in [9.17, 15) is 4.79 Å². The summed E-state index contributed by atoms with van der Waals surface area (Å²) in [6.45, 7) is 0. The maximum atomic E-state index is 12.5. The summed E-state index contributed by atoms with van der Waals surface area (Å²) in [7, 11) is 0. The van der Waals surface area contributed by atoms with Gasteiger partial charge in [0, 0.05) is 34.3 Å². The Morgan fingerprint density at radius 1 is 0.879 bits per heavy atom. The third-order valence-corrected chi connectivity index (χ3v) is 5.58. The summed E-state index contributed by atoms with van der Waals surface area (Å²) in [5, 5.41) is 12.6. The molecule has 7 nitrogen and oxygen atoms in total. The van der Waals surface area contributed by atoms with Crippen LogP contribution in [0, 0.1) is 0 Å². The molecule has 4 heterocycles. The van der Waals surface area contributed by atoms with Crippen LogP contribution in [-0.4, -0.2) is 31.1 Å². The third-order valence-electron chi connectivity index (χ3n) is 5.58. The first-order chi connectivity index (χ1) is 16.2. The molecule has 0 aliphatic carbocycles. The largest absolute Gasteiger partial charge is 0.338 e. The number of hydrogen-bond donors (Lipinski definition) is 3. The van der Waals surface area contributed by atoms with E-state index in [0.717, 1.165) is 44.5 Å². The van der Waals surface area contributed by atoms with Crippen LogP contribution in [-0.2, 0) is 0 Å². The first kappa shape index (κ1) is 18.9. The lowest BCUT2D eigenvalue weighted by atomic mass is 10.0. The molecule has 7 heteroatoms. The van der Waals surface area contributed by atoms with Gasteiger partial charge in [-0.05, 0) is 54.1 Å². The van der Waals surface area contributed by atoms with Crippen molar-refractivity contribution in [1.29, 1.82) is 0 Å². The summed E-state index contributed by atoms with van der Waals surface area (Å²) in [5.74, 6) is -0.172. The fourth-order valence-electron chi connectivity index (χ4n) is 3.94. The second-order valence-corrected chi connectivity index (χ2v) is 7.74. The van der Waals surface area contributed by atoms with Crippen molar-refractivity contribution in [1.82, 2.24) is 25.1 Å². The Hall–Kier alpha value is -4.78. The molecule has 158 valence electrons. The number of nitrogens with one attached hydrogen (secondary N) is 3. The van der Waals surface area contributed by atoms with Crippen LogP contribution in [0.5, 0.6) is 0 Å². The predicted molar refractivity (Wildman–Crippen MR) is 129 cm³/mol. The number of rotatable bonds is 4. The van der Waals surface area contributed by atoms with E-state index in [1.165, 1.54) is 0 Å². The lowest BCUT2D eigenvalue weighted by molar-refractivity contribution is 0.102. The first-order valence-corrected chi connectivity index (χ1v) is 10.5. The molecule has 0 aliphatic rings. The van der Waals surface area contributed by atoms with Crippen LogP contribution in [0.1, 0.15) is 10.4 Å². The number of pyridine rings is 2. The number of fused-ring (bicyclic) bond motifs is 2. The quantitative estimate of drug-likeness (QED) is 0.348. The summed E-state index contributed by atoms with van der Waals surface area (Å²) in [4.78, 5) is 24.6. The Balaban J connectivity index is 1.36. The molecule has 2 aromatic carbocycles. The minimum atomic E-state index is -0.172. The van der Waals surface area contributed by atoms with Crippen LogP contribution in [0.4, 0.5) is 5.69 Å². The molecule has 1 amide bonds. The number of aromatic amines is 2. The normalized spacial score (nSPS) is 11.2. The number of anilines is 1. The molecule has 0 fully saturated rings. The standard InChI is InChI=1S/C26H18N6O/c33-26(16-5-2-1-3-6-16)29-20-11-19(14-27-15-20)17-8-9-22-21(12-17)24(32-31-22)23-13-18-7-4-10-28-25(18)30-23/h1-15H,(H,28,30)(H,29,33)(H,31,32). The molecule has 4 aromatic heterocycles. The lowest BCUT2D eigenvalue weighted by Gasteiger charge is -2.08. The zero-order valence-corrected chi connectivity index (χ0v) is 17.4. The highest BCUT2D eigenvalue weighted by molar-refractivity contribution is 6.04. The van der Waals surface area contributed by atoms with Crippen molar-refractivity contribution in [2.45, 2.75) is 0 Å². The SMILES string of the molecule is O=C(Nc1cncc(-c2ccc3[nH]nc(-c4cc5cccnc5[nH]4)c3c2)c1)c1ccccc1. The van der Waals surface area contributed by atoms with Crippen LogP contribution in [0.3, 0.4) is 0 Å². The fraction of sp³-hybridized carbons (Fsp3) is 0. The number of nitrogens with zero attached hydrogens (tertiary/aromatic N) is 3. The van der Waals surface area contributed by atoms with Crippen molar-refractivity contribution in [2.24, 2.45) is 0 Å². The van der Waals surface area contributed by atoms with Gasteiger partial charge < -0.3 is 10.3 Å². The fourth-order valence-corrected chi connectivity index (χ4v) is 3.94. The zero-order valence-electron chi connectivity index (χ0n) is 17.4. The predicted octanol–water partition coefficient (Wildman–Crippen LogP) is 5.42. The van der Waals surface area contributed by atoms with Gasteiger partial charge in [0.25, 0.3) is 5.91 Å². The molecule has 33 heavy (non-hydrogen) atoms. The van der Waals surface area contributed by atoms with Crippen molar-refractivity contribution < 1.29 is 4.79 Å². The minimum Gasteiger partial charge on any atom is -0.338 e. The maximum absolute atomic E-state index is 12.5. The van der Waals surface area contributed by atoms with Crippen LogP contribution >= 0.6 is 0 Å². The molecule has 0 bridgehead atoms. The van der Waals surface area contributed by atoms with Gasteiger partial charge in [0.05, 0.1) is 23.1 Å². The Labute approximate surface area is 188 Å². The highest BCUT2D eigenvalue weighted by atomic mass is 16.1. The molecule has 0 radical (unpaired) electrons. The van der Waals surface area contributed by atoms with Gasteiger partial charge in [0.2, 0.25) is 0 Å². The Kier molecular flexibility index (Phi) is 4.43. The minimum absolute atomic E-state index is 0.172. The van der Waals surface area contributed by atoms with Gasteiger partial charge in [-0.25, -0.2) is 4.98 Å². The van der Waals surface area contributed by atoms with Gasteiger partial charge in [0.15, 0.2) is 0 Å². The molecular formula is C26H18N6O. The van der Waals surface area contributed by atoms with Gasteiger partial charge in [-0.1, -0.05) is 24.3 Å². The second-order valence-electron chi connectivity index (χ2n) is 7.74. The summed E-state index contributed by atoms with van der Waals surface area (Å²) in [6.07, 6.45) is 5.19. The molecular weight excluding hydrogens is 412 g/mol. The van der Waals surface area contributed by atoms with E-state index in [1.54, 1.807) is 30.7 Å². The molecule has 0 atom stereocenters. The van der Waals surface area contributed by atoms with Crippen LogP contribution in [0.2, 0.25) is 0 Å². The van der Waals surface area contributed by atoms with E-state index in [1.807, 2.05) is 54.6 Å². The number of hydrogen-bond acceptors (Lipinski definition) is 4. The van der Waals surface area contributed by atoms with Crippen LogP contribution < -0.4 is 5.32 Å². The molecule has 0 aliphatic heterocycles. The second kappa shape index (κ2) is 7.72. The van der Waals surface area contributed by atoms with Gasteiger partial charge in [-0.2, -0.15) is 5.10 Å². The number of amides is 1. The summed E-state index contributed by atoms with van der Waals surface area (Å²) in [6, 6.07) is 23.1. The van der Waals surface area contributed by atoms with E-state index >= 15 is 0 Å². The van der Waals surface area contributed by atoms with E-state index in [4.69, 9.17) is 0 Å². The summed E-state index contributed by atoms with van der Waals surface area (Å²) in [5.41, 5.74) is 6.58. The molecule has 0 saturated carbocycles. The third kappa shape index (κ3) is 3.51. The van der Waals surface area contributed by atoms with Gasteiger partial charge >= 0.3 is 0 Å². The number of benzene rings is 2. The molecule has 0 spiro atoms. The van der Waals surface area contributed by atoms with Gasteiger partial charge in [-0.15, -0.1) is 0 Å². The highest BCUT2D eigenvalue weighted by Gasteiger charge is 2.13. The Bertz CT molecular complexity index is 1580. The Morgan fingerprint density at radius 3 is 2.67 bits per heavy atom. The first-order valence-electron chi connectivity index (χ1n) is 10.5. The van der Waals surface area contributed by atoms with Crippen molar-refractivity contribution in [3.8, 4) is 22.5 Å². The average molecular weight is 430 g/mol. The Morgan fingerprint density at radius 2 is 1.79 bits per heavy atom. The van der Waals surface area contributed by atoms with Crippen LogP contribution in [0.15, 0.2) is 91.4 Å². The van der Waals surface area contributed by atoms with E-state index in [2.05, 4.69) is 36.5 Å². The van der Waals surface area contributed by atoms with Crippen LogP contribution in [0.25, 0.3) is 44.5 Å². The van der Waals surface area contributed by atoms with E-state index < -0.39 is 0 Å². The lowest BCUT2D eigenvalue weighted by Crippen LogP contribution is -2.11. The molecule has 3 N–H and O–H groups in total. The van der Waals surface area contributed by atoms with Crippen molar-refractivity contribution >= 4 is 33.5 Å². The van der Waals surface area contributed by atoms with E-state index in [0.29, 0.717) is 11.3 Å². The summed E-state index contributed by atoms with van der Waals surface area (Å²) >= 11 is 0. The van der Waals surface area contributed by atoms with Gasteiger partial charge in [-0.3, -0.25) is 14.9 Å². The van der Waals surface area contributed by atoms with Crippen molar-refractivity contribution in [2.75, 3.05) is 5.32 Å². The molecule has 6 aromatic rings. The van der Waals surface area contributed by atoms with Gasteiger partial charge in [0.1, 0.15) is 11.3 Å². The average Bonchev–Trinajstić information content (AvgIpc) is 3.48. The number of carbonyl (C=O) groups is 1. The maximum Gasteiger partial charge on any atom is 0.255 e. The number of aromatic nitrogens is 5. The topological polar surface area (TPSA) is 99.3 Å². The monoisotopic (exact) mass is 430 g/mol. The smallest absolute Gasteiger partial charge is 0.255 e. The van der Waals surface area contributed by atoms with Crippen molar-refractivity contribution in [3.05, 3.63) is 97.0 Å². The van der Waals surface area contributed by atoms with Crippen molar-refractivity contribution in [3.63, 3.8) is 0 Å². The molecule has 0 unspecified atom stereocenters. The highest BCUT2D eigenvalue weighted by Crippen LogP contribution is 2.32. The van der Waals surface area contributed by atoms with E-state index in [-0.39, 0.29) is 5.91 Å². The molecule has 0 saturated heterocycles.